The number of benzene rings is 1. The highest BCUT2D eigenvalue weighted by molar-refractivity contribution is 6.32. The first kappa shape index (κ1) is 8.87. The van der Waals surface area contributed by atoms with Gasteiger partial charge in [-0.1, -0.05) is 17.7 Å². The number of carbonyl (C=O) groups is 1. The Morgan fingerprint density at radius 3 is 2.50 bits per heavy atom. The average Bonchev–Trinajstić information content (AvgIpc) is 1.97. The fourth-order valence-electron chi connectivity index (χ4n) is 0.937. The normalized spacial score (nSPS) is 9.83. The minimum atomic E-state index is -1.17. The van der Waals surface area contributed by atoms with Crippen LogP contribution >= 0.6 is 11.6 Å². The van der Waals surface area contributed by atoms with Gasteiger partial charge >= 0.3 is 5.97 Å². The first-order chi connectivity index (χ1) is 5.54. The summed E-state index contributed by atoms with van der Waals surface area (Å²) in [5, 5.41) is 17.9. The molecule has 3 nitrogen and oxygen atoms in total. The summed E-state index contributed by atoms with van der Waals surface area (Å²) >= 11 is 5.52. The van der Waals surface area contributed by atoms with Crippen molar-refractivity contribution in [3.8, 4) is 5.75 Å². The number of hydrogen-bond acceptors (Lipinski definition) is 2. The number of hydrogen-bond donors (Lipinski definition) is 2. The van der Waals surface area contributed by atoms with Gasteiger partial charge in [0.2, 0.25) is 0 Å². The molecule has 0 spiro atoms. The van der Waals surface area contributed by atoms with E-state index in [1.807, 2.05) is 0 Å². The lowest BCUT2D eigenvalue weighted by atomic mass is 10.1. The topological polar surface area (TPSA) is 57.5 Å². The number of carboxylic acids is 1. The van der Waals surface area contributed by atoms with Crippen molar-refractivity contribution in [2.45, 2.75) is 6.92 Å². The molecule has 0 bridgehead atoms. The van der Waals surface area contributed by atoms with E-state index < -0.39 is 5.97 Å². The van der Waals surface area contributed by atoms with Crippen molar-refractivity contribution in [1.29, 1.82) is 0 Å². The molecule has 0 aliphatic rings. The smallest absolute Gasteiger partial charge is 0.339 e. The lowest BCUT2D eigenvalue weighted by Gasteiger charge is -2.04. The Balaban J connectivity index is 3.43. The van der Waals surface area contributed by atoms with E-state index in [2.05, 4.69) is 0 Å². The summed E-state index contributed by atoms with van der Waals surface area (Å²) in [5.41, 5.74) is 0.354. The zero-order valence-electron chi connectivity index (χ0n) is 6.34. The van der Waals surface area contributed by atoms with Crippen molar-refractivity contribution in [3.63, 3.8) is 0 Å². The molecule has 1 rings (SSSR count). The lowest BCUT2D eigenvalue weighted by molar-refractivity contribution is 0.0693. The largest absolute Gasteiger partial charge is 0.505 e. The van der Waals surface area contributed by atoms with E-state index in [1.165, 1.54) is 6.07 Å². The molecular weight excluding hydrogens is 180 g/mol. The van der Waals surface area contributed by atoms with E-state index in [1.54, 1.807) is 13.0 Å². The van der Waals surface area contributed by atoms with Crippen LogP contribution in [0.4, 0.5) is 0 Å². The third-order valence-electron chi connectivity index (χ3n) is 1.55. The van der Waals surface area contributed by atoms with Crippen LogP contribution in [0.3, 0.4) is 0 Å². The van der Waals surface area contributed by atoms with Crippen molar-refractivity contribution < 1.29 is 15.0 Å². The van der Waals surface area contributed by atoms with E-state index in [0.717, 1.165) is 0 Å². The Kier molecular flexibility index (Phi) is 2.24. The second-order valence-corrected chi connectivity index (χ2v) is 2.80. The maximum absolute atomic E-state index is 10.6. The second kappa shape index (κ2) is 3.03. The van der Waals surface area contributed by atoms with Gasteiger partial charge < -0.3 is 10.2 Å². The third kappa shape index (κ3) is 1.36. The summed E-state index contributed by atoms with van der Waals surface area (Å²) in [6.07, 6.45) is 0. The van der Waals surface area contributed by atoms with Gasteiger partial charge in [-0.25, -0.2) is 4.79 Å². The fraction of sp³-hybridized carbons (Fsp3) is 0.125. The maximum atomic E-state index is 10.6. The highest BCUT2D eigenvalue weighted by Crippen LogP contribution is 2.29. The Labute approximate surface area is 74.2 Å². The van der Waals surface area contributed by atoms with Crippen molar-refractivity contribution >= 4 is 17.6 Å². The number of rotatable bonds is 1. The zero-order valence-corrected chi connectivity index (χ0v) is 7.09. The van der Waals surface area contributed by atoms with Crippen LogP contribution in [0.2, 0.25) is 5.02 Å². The average molecular weight is 187 g/mol. The quantitative estimate of drug-likeness (QED) is 0.706. The van der Waals surface area contributed by atoms with E-state index >= 15 is 0 Å². The number of aromatic hydroxyl groups is 1. The molecule has 0 amide bonds. The van der Waals surface area contributed by atoms with Crippen LogP contribution in [0.25, 0.3) is 0 Å². The molecule has 64 valence electrons. The van der Waals surface area contributed by atoms with Gasteiger partial charge in [0.15, 0.2) is 0 Å². The molecule has 2 N–H and O–H groups in total. The Morgan fingerprint density at radius 1 is 1.50 bits per heavy atom. The van der Waals surface area contributed by atoms with Crippen LogP contribution in [-0.4, -0.2) is 16.2 Å². The molecule has 1 aromatic carbocycles. The van der Waals surface area contributed by atoms with Crippen LogP contribution in [0.15, 0.2) is 12.1 Å². The number of carboxylic acid groups (broad SMARTS) is 1. The van der Waals surface area contributed by atoms with Crippen molar-refractivity contribution in [3.05, 3.63) is 28.3 Å². The van der Waals surface area contributed by atoms with Crippen molar-refractivity contribution in [1.82, 2.24) is 0 Å². The van der Waals surface area contributed by atoms with Gasteiger partial charge in [0.05, 0.1) is 5.02 Å². The standard InChI is InChI=1S/C8H7ClO3/c1-4-2-3-5(9)7(10)6(4)8(11)12/h2-3,10H,1H3,(H,11,12). The second-order valence-electron chi connectivity index (χ2n) is 2.39. The first-order valence-corrected chi connectivity index (χ1v) is 3.63. The molecule has 1 aromatic rings. The third-order valence-corrected chi connectivity index (χ3v) is 1.86. The summed E-state index contributed by atoms with van der Waals surface area (Å²) in [6.45, 7) is 1.60. The van der Waals surface area contributed by atoms with Gasteiger partial charge in [0, 0.05) is 0 Å². The fourth-order valence-corrected chi connectivity index (χ4v) is 1.09. The monoisotopic (exact) mass is 186 g/mol. The minimum Gasteiger partial charge on any atom is -0.505 e. The molecule has 0 radical (unpaired) electrons. The number of halogens is 1. The van der Waals surface area contributed by atoms with Crippen LogP contribution in [-0.2, 0) is 0 Å². The maximum Gasteiger partial charge on any atom is 0.339 e. The summed E-state index contributed by atoms with van der Waals surface area (Å²) in [5.74, 6) is -1.54. The van der Waals surface area contributed by atoms with Crippen molar-refractivity contribution in [2.75, 3.05) is 0 Å². The highest BCUT2D eigenvalue weighted by atomic mass is 35.5. The molecule has 0 atom stereocenters. The number of aryl methyl sites for hydroxylation is 1. The number of phenols is 1. The van der Waals surface area contributed by atoms with Crippen LogP contribution in [0, 0.1) is 6.92 Å². The summed E-state index contributed by atoms with van der Waals surface area (Å²) in [6, 6.07) is 3.00. The SMILES string of the molecule is Cc1ccc(Cl)c(O)c1C(=O)O. The number of aromatic carboxylic acids is 1. The van der Waals surface area contributed by atoms with Gasteiger partial charge in [-0.2, -0.15) is 0 Å². The van der Waals surface area contributed by atoms with Gasteiger partial charge in [0.1, 0.15) is 11.3 Å². The molecule has 0 aliphatic carbocycles. The van der Waals surface area contributed by atoms with Crippen LogP contribution < -0.4 is 0 Å². The summed E-state index contributed by atoms with van der Waals surface area (Å²) in [7, 11) is 0. The van der Waals surface area contributed by atoms with Crippen LogP contribution in [0.1, 0.15) is 15.9 Å². The van der Waals surface area contributed by atoms with E-state index in [-0.39, 0.29) is 16.3 Å². The molecule has 4 heteroatoms. The molecule has 0 aromatic heterocycles. The Morgan fingerprint density at radius 2 is 2.08 bits per heavy atom. The lowest BCUT2D eigenvalue weighted by Crippen LogP contribution is -2.00. The molecule has 12 heavy (non-hydrogen) atoms. The van der Waals surface area contributed by atoms with Gasteiger partial charge in [-0.05, 0) is 18.6 Å². The zero-order chi connectivity index (χ0) is 9.30. The predicted octanol–water partition coefficient (Wildman–Crippen LogP) is 2.05. The molecule has 0 aliphatic heterocycles. The Bertz CT molecular complexity index is 333. The molecule has 0 fully saturated rings. The summed E-state index contributed by atoms with van der Waals surface area (Å²) in [4.78, 5) is 10.6. The molecular formula is C8H7ClO3. The first-order valence-electron chi connectivity index (χ1n) is 3.25. The van der Waals surface area contributed by atoms with Gasteiger partial charge in [-0.15, -0.1) is 0 Å². The van der Waals surface area contributed by atoms with Crippen molar-refractivity contribution in [2.24, 2.45) is 0 Å². The molecule has 0 unspecified atom stereocenters. The highest BCUT2D eigenvalue weighted by Gasteiger charge is 2.14. The van der Waals surface area contributed by atoms with E-state index in [0.29, 0.717) is 5.56 Å². The summed E-state index contributed by atoms with van der Waals surface area (Å²) < 4.78 is 0. The molecule has 0 saturated carbocycles. The Hall–Kier alpha value is -1.22. The molecule has 0 saturated heterocycles. The van der Waals surface area contributed by atoms with Crippen LogP contribution in [0.5, 0.6) is 5.75 Å². The molecule has 0 heterocycles. The minimum absolute atomic E-state index is 0.0537. The van der Waals surface area contributed by atoms with E-state index in [9.17, 15) is 9.90 Å². The van der Waals surface area contributed by atoms with Gasteiger partial charge in [-0.3, -0.25) is 0 Å². The van der Waals surface area contributed by atoms with Gasteiger partial charge in [0.25, 0.3) is 0 Å². The van der Waals surface area contributed by atoms with E-state index in [4.69, 9.17) is 16.7 Å². The predicted molar refractivity (Wildman–Crippen MR) is 44.8 cm³/mol.